The quantitative estimate of drug-likeness (QED) is 0.884. The largest absolute Gasteiger partial charge is 0.495 e. The number of carbonyl (C=O) groups excluding carboxylic acids is 1. The summed E-state index contributed by atoms with van der Waals surface area (Å²) in [6, 6.07) is 8.83. The van der Waals surface area contributed by atoms with Crippen LogP contribution in [0.2, 0.25) is 0 Å². The second-order valence-electron chi connectivity index (χ2n) is 4.13. The minimum absolute atomic E-state index is 0.226. The molecule has 1 heterocycles. The van der Waals surface area contributed by atoms with Crippen LogP contribution in [-0.2, 0) is 6.54 Å². The average Bonchev–Trinajstić information content (AvgIpc) is 2.88. The number of furan rings is 1. The molecule has 1 aromatic carbocycles. The Morgan fingerprint density at radius 2 is 2.16 bits per heavy atom. The van der Waals surface area contributed by atoms with Crippen molar-refractivity contribution in [3.05, 3.63) is 47.4 Å². The zero-order valence-electron chi connectivity index (χ0n) is 10.9. The molecule has 0 bridgehead atoms. The summed E-state index contributed by atoms with van der Waals surface area (Å²) < 4.78 is 10.5. The number of nitrogens with two attached hydrogens (primary N) is 1. The molecule has 19 heavy (non-hydrogen) atoms. The predicted octanol–water partition coefficient (Wildman–Crippen LogP) is 2.31. The fourth-order valence-electron chi connectivity index (χ4n) is 1.71. The fourth-order valence-corrected chi connectivity index (χ4v) is 1.71. The second kappa shape index (κ2) is 5.58. The normalized spacial score (nSPS) is 10.3. The molecule has 0 saturated heterocycles. The van der Waals surface area contributed by atoms with Gasteiger partial charge in [-0.15, -0.1) is 0 Å². The Morgan fingerprint density at radius 1 is 1.37 bits per heavy atom. The van der Waals surface area contributed by atoms with Gasteiger partial charge in [0.2, 0.25) is 0 Å². The van der Waals surface area contributed by atoms with E-state index in [-0.39, 0.29) is 18.2 Å². The minimum Gasteiger partial charge on any atom is -0.495 e. The van der Waals surface area contributed by atoms with Gasteiger partial charge in [-0.2, -0.15) is 0 Å². The first-order chi connectivity index (χ1) is 9.13. The van der Waals surface area contributed by atoms with E-state index in [9.17, 15) is 4.79 Å². The number of benzene rings is 1. The molecule has 0 saturated carbocycles. The van der Waals surface area contributed by atoms with Gasteiger partial charge in [0.25, 0.3) is 5.91 Å². The first-order valence-corrected chi connectivity index (χ1v) is 5.89. The summed E-state index contributed by atoms with van der Waals surface area (Å²) in [7, 11) is 1.56. The van der Waals surface area contributed by atoms with E-state index in [2.05, 4.69) is 5.32 Å². The van der Waals surface area contributed by atoms with Gasteiger partial charge >= 0.3 is 0 Å². The Hall–Kier alpha value is -2.27. The van der Waals surface area contributed by atoms with Gasteiger partial charge < -0.3 is 20.2 Å². The Bertz CT molecular complexity index is 590. The molecule has 0 aliphatic rings. The van der Waals surface area contributed by atoms with Crippen molar-refractivity contribution in [1.29, 1.82) is 0 Å². The third kappa shape index (κ3) is 2.95. The molecule has 0 spiro atoms. The molecule has 0 unspecified atom stereocenters. The maximum atomic E-state index is 12.0. The van der Waals surface area contributed by atoms with E-state index in [0.29, 0.717) is 17.2 Å². The zero-order valence-corrected chi connectivity index (χ0v) is 10.9. The lowest BCUT2D eigenvalue weighted by atomic mass is 10.2. The van der Waals surface area contributed by atoms with Gasteiger partial charge in [0.15, 0.2) is 5.76 Å². The number of hydrogen-bond donors (Lipinski definition) is 2. The molecule has 2 rings (SSSR count). The van der Waals surface area contributed by atoms with Crippen molar-refractivity contribution in [2.24, 2.45) is 5.73 Å². The Morgan fingerprint density at radius 3 is 2.79 bits per heavy atom. The monoisotopic (exact) mass is 260 g/mol. The maximum absolute atomic E-state index is 12.0. The molecule has 100 valence electrons. The Balaban J connectivity index is 2.20. The van der Waals surface area contributed by atoms with Crippen molar-refractivity contribution in [2.45, 2.75) is 13.5 Å². The minimum atomic E-state index is -0.330. The molecule has 1 amide bonds. The smallest absolute Gasteiger partial charge is 0.291 e. The third-order valence-electron chi connectivity index (χ3n) is 2.69. The van der Waals surface area contributed by atoms with Crippen LogP contribution >= 0.6 is 0 Å². The fraction of sp³-hybridized carbons (Fsp3) is 0.214. The van der Waals surface area contributed by atoms with E-state index in [0.717, 1.165) is 5.56 Å². The lowest BCUT2D eigenvalue weighted by Crippen LogP contribution is -2.12. The van der Waals surface area contributed by atoms with Crippen molar-refractivity contribution in [2.75, 3.05) is 12.4 Å². The van der Waals surface area contributed by atoms with E-state index in [1.54, 1.807) is 25.3 Å². The summed E-state index contributed by atoms with van der Waals surface area (Å²) >= 11 is 0. The van der Waals surface area contributed by atoms with Crippen molar-refractivity contribution in [3.8, 4) is 5.75 Å². The van der Waals surface area contributed by atoms with Gasteiger partial charge in [-0.05, 0) is 36.8 Å². The summed E-state index contributed by atoms with van der Waals surface area (Å²) in [5.74, 6) is 1.07. The number of rotatable bonds is 4. The average molecular weight is 260 g/mol. The first-order valence-electron chi connectivity index (χ1n) is 5.89. The molecule has 1 aromatic heterocycles. The number of hydrogen-bond acceptors (Lipinski definition) is 4. The molecule has 5 heteroatoms. The van der Waals surface area contributed by atoms with Crippen LogP contribution in [0.25, 0.3) is 0 Å². The maximum Gasteiger partial charge on any atom is 0.291 e. The highest BCUT2D eigenvalue weighted by atomic mass is 16.5. The van der Waals surface area contributed by atoms with Crippen LogP contribution in [0.15, 0.2) is 34.7 Å². The molecule has 0 atom stereocenters. The lowest BCUT2D eigenvalue weighted by Gasteiger charge is -2.09. The van der Waals surface area contributed by atoms with Crippen molar-refractivity contribution in [3.63, 3.8) is 0 Å². The zero-order chi connectivity index (χ0) is 13.8. The van der Waals surface area contributed by atoms with E-state index in [1.165, 1.54) is 0 Å². The van der Waals surface area contributed by atoms with Crippen molar-refractivity contribution >= 4 is 11.6 Å². The molecular weight excluding hydrogens is 244 g/mol. The van der Waals surface area contributed by atoms with Crippen LogP contribution in [0.4, 0.5) is 5.69 Å². The molecule has 0 fully saturated rings. The lowest BCUT2D eigenvalue weighted by molar-refractivity contribution is 0.0994. The molecule has 5 nitrogen and oxygen atoms in total. The predicted molar refractivity (Wildman–Crippen MR) is 72.3 cm³/mol. The number of amides is 1. The van der Waals surface area contributed by atoms with E-state index < -0.39 is 0 Å². The van der Waals surface area contributed by atoms with Crippen LogP contribution in [0, 0.1) is 6.92 Å². The highest BCUT2D eigenvalue weighted by Crippen LogP contribution is 2.25. The SMILES string of the molecule is COc1ccc(C)cc1NC(=O)c1ccc(CN)o1. The van der Waals surface area contributed by atoms with Gasteiger partial charge in [-0.3, -0.25) is 4.79 Å². The number of aryl methyl sites for hydroxylation is 1. The van der Waals surface area contributed by atoms with Gasteiger partial charge in [0.1, 0.15) is 11.5 Å². The van der Waals surface area contributed by atoms with Gasteiger partial charge in [-0.1, -0.05) is 6.07 Å². The molecule has 0 radical (unpaired) electrons. The summed E-state index contributed by atoms with van der Waals surface area (Å²) in [5.41, 5.74) is 7.07. The number of carbonyl (C=O) groups is 1. The summed E-state index contributed by atoms with van der Waals surface area (Å²) in [4.78, 5) is 12.0. The van der Waals surface area contributed by atoms with Crippen LogP contribution < -0.4 is 15.8 Å². The van der Waals surface area contributed by atoms with E-state index in [4.69, 9.17) is 14.9 Å². The standard InChI is InChI=1S/C14H16N2O3/c1-9-3-5-12(18-2)11(7-9)16-14(17)13-6-4-10(8-15)19-13/h3-7H,8,15H2,1-2H3,(H,16,17). The highest BCUT2D eigenvalue weighted by molar-refractivity contribution is 6.03. The van der Waals surface area contributed by atoms with Gasteiger partial charge in [0.05, 0.1) is 19.3 Å². The Labute approximate surface area is 111 Å². The topological polar surface area (TPSA) is 77.5 Å². The first kappa shape index (κ1) is 13.2. The highest BCUT2D eigenvalue weighted by Gasteiger charge is 2.13. The van der Waals surface area contributed by atoms with Gasteiger partial charge in [0, 0.05) is 0 Å². The van der Waals surface area contributed by atoms with Crippen molar-refractivity contribution < 1.29 is 13.9 Å². The number of methoxy groups -OCH3 is 1. The third-order valence-corrected chi connectivity index (χ3v) is 2.69. The van der Waals surface area contributed by atoms with E-state index >= 15 is 0 Å². The molecule has 2 aromatic rings. The number of nitrogens with one attached hydrogen (secondary N) is 1. The number of ether oxygens (including phenoxy) is 1. The van der Waals surface area contributed by atoms with Crippen LogP contribution in [-0.4, -0.2) is 13.0 Å². The van der Waals surface area contributed by atoms with Gasteiger partial charge in [-0.25, -0.2) is 0 Å². The summed E-state index contributed by atoms with van der Waals surface area (Å²) in [5, 5.41) is 2.76. The molecule has 0 aliphatic heterocycles. The van der Waals surface area contributed by atoms with Crippen LogP contribution in [0.5, 0.6) is 5.75 Å². The summed E-state index contributed by atoms with van der Waals surface area (Å²) in [6.07, 6.45) is 0. The Kier molecular flexibility index (Phi) is 3.87. The van der Waals surface area contributed by atoms with E-state index in [1.807, 2.05) is 19.1 Å². The molecule has 0 aliphatic carbocycles. The number of anilines is 1. The van der Waals surface area contributed by atoms with Crippen LogP contribution in [0.3, 0.4) is 0 Å². The molecular formula is C14H16N2O3. The molecule has 3 N–H and O–H groups in total. The van der Waals surface area contributed by atoms with Crippen LogP contribution in [0.1, 0.15) is 21.9 Å². The second-order valence-corrected chi connectivity index (χ2v) is 4.13. The summed E-state index contributed by atoms with van der Waals surface area (Å²) in [6.45, 7) is 2.20. The van der Waals surface area contributed by atoms with Crippen molar-refractivity contribution in [1.82, 2.24) is 0 Å².